The summed E-state index contributed by atoms with van der Waals surface area (Å²) in [7, 11) is 0. The van der Waals surface area contributed by atoms with Gasteiger partial charge in [-0.2, -0.15) is 0 Å². The zero-order valence-electron chi connectivity index (χ0n) is 8.61. The second-order valence-corrected chi connectivity index (χ2v) is 3.30. The van der Waals surface area contributed by atoms with Crippen molar-refractivity contribution in [3.63, 3.8) is 0 Å². The molecule has 0 saturated heterocycles. The normalized spacial score (nSPS) is 12.6. The molecule has 0 amide bonds. The summed E-state index contributed by atoms with van der Waals surface area (Å²) in [6, 6.07) is 10.4. The van der Waals surface area contributed by atoms with Crippen LogP contribution in [0.2, 0.25) is 0 Å². The van der Waals surface area contributed by atoms with E-state index < -0.39 is 0 Å². The fourth-order valence-corrected chi connectivity index (χ4v) is 1.29. The van der Waals surface area contributed by atoms with Crippen LogP contribution in [0.25, 0.3) is 0 Å². The molecule has 0 aliphatic carbocycles. The number of benzene rings is 1. The molecule has 0 bridgehead atoms. The van der Waals surface area contributed by atoms with Crippen molar-refractivity contribution in [3.05, 3.63) is 72.9 Å². The van der Waals surface area contributed by atoms with Crippen LogP contribution in [0.3, 0.4) is 0 Å². The molecule has 0 saturated carbocycles. The summed E-state index contributed by atoms with van der Waals surface area (Å²) in [5.41, 5.74) is 2.40. The first-order valence-corrected chi connectivity index (χ1v) is 4.78. The topological polar surface area (TPSA) is 0 Å². The van der Waals surface area contributed by atoms with Crippen LogP contribution < -0.4 is 0 Å². The zero-order valence-corrected chi connectivity index (χ0v) is 8.61. The van der Waals surface area contributed by atoms with Gasteiger partial charge in [0, 0.05) is 5.92 Å². The zero-order chi connectivity index (χ0) is 10.4. The van der Waals surface area contributed by atoms with Crippen LogP contribution in [0.5, 0.6) is 0 Å². The molecular formula is C14H16. The summed E-state index contributed by atoms with van der Waals surface area (Å²) < 4.78 is 0. The molecule has 1 aromatic rings. The highest BCUT2D eigenvalue weighted by molar-refractivity contribution is 5.33. The Kier molecular flexibility index (Phi) is 3.93. The van der Waals surface area contributed by atoms with Gasteiger partial charge in [-0.15, -0.1) is 0 Å². The summed E-state index contributed by atoms with van der Waals surface area (Å²) in [5.74, 6) is 0.368. The third-order valence-electron chi connectivity index (χ3n) is 2.30. The molecule has 1 rings (SSSR count). The van der Waals surface area contributed by atoms with E-state index >= 15 is 0 Å². The van der Waals surface area contributed by atoms with Crippen LogP contribution in [0.4, 0.5) is 0 Å². The van der Waals surface area contributed by atoms with Crippen LogP contribution in [-0.2, 0) is 0 Å². The Morgan fingerprint density at radius 3 is 2.50 bits per heavy atom. The largest absolute Gasteiger partial charge is 0.0991 e. The summed E-state index contributed by atoms with van der Waals surface area (Å²) in [4.78, 5) is 0. The van der Waals surface area contributed by atoms with E-state index in [1.165, 1.54) is 5.56 Å². The number of hydrogen-bond donors (Lipinski definition) is 0. The van der Waals surface area contributed by atoms with Crippen molar-refractivity contribution in [2.75, 3.05) is 0 Å². The highest BCUT2D eigenvalue weighted by Gasteiger charge is 2.05. The fraction of sp³-hybridized carbons (Fsp3) is 0.143. The maximum Gasteiger partial charge on any atom is 0.00551 e. The summed E-state index contributed by atoms with van der Waals surface area (Å²) in [6.45, 7) is 9.83. The molecule has 1 atom stereocenters. The fourth-order valence-electron chi connectivity index (χ4n) is 1.29. The van der Waals surface area contributed by atoms with Gasteiger partial charge in [-0.05, 0) is 11.1 Å². The molecule has 1 aromatic carbocycles. The molecule has 0 N–H and O–H groups in total. The highest BCUT2D eigenvalue weighted by Crippen LogP contribution is 2.22. The van der Waals surface area contributed by atoms with Crippen molar-refractivity contribution in [1.29, 1.82) is 0 Å². The Morgan fingerprint density at radius 1 is 1.29 bits per heavy atom. The third-order valence-corrected chi connectivity index (χ3v) is 2.30. The molecule has 1 unspecified atom stereocenters. The quantitative estimate of drug-likeness (QED) is 0.618. The minimum Gasteiger partial charge on any atom is -0.0991 e. The van der Waals surface area contributed by atoms with E-state index in [1.54, 1.807) is 6.08 Å². The summed E-state index contributed by atoms with van der Waals surface area (Å²) in [6.07, 6.45) is 5.69. The van der Waals surface area contributed by atoms with Gasteiger partial charge in [0.25, 0.3) is 0 Å². The monoisotopic (exact) mass is 184 g/mol. The average Bonchev–Trinajstić information content (AvgIpc) is 2.26. The maximum atomic E-state index is 4.03. The van der Waals surface area contributed by atoms with Crippen molar-refractivity contribution < 1.29 is 0 Å². The standard InChI is InChI=1S/C14H16/c1-4-5-9-12(2)13(3)14-10-7-6-8-11-14/h4-11,13H,1-2H2,3H3/b9-5-. The van der Waals surface area contributed by atoms with Gasteiger partial charge in [-0.1, -0.05) is 68.6 Å². The third kappa shape index (κ3) is 2.74. The molecule has 0 heteroatoms. The molecule has 14 heavy (non-hydrogen) atoms. The molecule has 0 aromatic heterocycles. The lowest BCUT2D eigenvalue weighted by Crippen LogP contribution is -1.93. The molecule has 0 aliphatic heterocycles. The van der Waals surface area contributed by atoms with Crippen molar-refractivity contribution in [1.82, 2.24) is 0 Å². The van der Waals surface area contributed by atoms with Crippen molar-refractivity contribution in [2.45, 2.75) is 12.8 Å². The van der Waals surface area contributed by atoms with Gasteiger partial charge in [0.1, 0.15) is 0 Å². The Morgan fingerprint density at radius 2 is 1.93 bits per heavy atom. The predicted molar refractivity (Wildman–Crippen MR) is 63.3 cm³/mol. The van der Waals surface area contributed by atoms with E-state index in [4.69, 9.17) is 0 Å². The number of allylic oxidation sites excluding steroid dienone is 4. The van der Waals surface area contributed by atoms with Gasteiger partial charge in [0.2, 0.25) is 0 Å². The van der Waals surface area contributed by atoms with E-state index in [2.05, 4.69) is 44.3 Å². The van der Waals surface area contributed by atoms with E-state index in [1.807, 2.05) is 18.2 Å². The Balaban J connectivity index is 2.75. The van der Waals surface area contributed by atoms with E-state index in [9.17, 15) is 0 Å². The van der Waals surface area contributed by atoms with Crippen molar-refractivity contribution in [2.24, 2.45) is 0 Å². The maximum absolute atomic E-state index is 4.03. The van der Waals surface area contributed by atoms with Crippen LogP contribution in [0, 0.1) is 0 Å². The van der Waals surface area contributed by atoms with E-state index in [-0.39, 0.29) is 0 Å². The Hall–Kier alpha value is -1.56. The first kappa shape index (κ1) is 10.5. The van der Waals surface area contributed by atoms with Crippen molar-refractivity contribution in [3.8, 4) is 0 Å². The van der Waals surface area contributed by atoms with Crippen LogP contribution in [0.1, 0.15) is 18.4 Å². The minimum atomic E-state index is 0.368. The molecule has 0 spiro atoms. The highest BCUT2D eigenvalue weighted by atomic mass is 14.1. The molecule has 72 valence electrons. The number of hydrogen-bond acceptors (Lipinski definition) is 0. The van der Waals surface area contributed by atoms with Gasteiger partial charge >= 0.3 is 0 Å². The summed E-state index contributed by atoms with van der Waals surface area (Å²) in [5, 5.41) is 0. The molecule has 0 heterocycles. The SMILES string of the molecule is C=C/C=C\C(=C)C(C)c1ccccc1. The Bertz CT molecular complexity index is 330. The van der Waals surface area contributed by atoms with Gasteiger partial charge in [0.05, 0.1) is 0 Å². The molecule has 0 radical (unpaired) electrons. The lowest BCUT2D eigenvalue weighted by molar-refractivity contribution is 0.926. The molecular weight excluding hydrogens is 168 g/mol. The summed E-state index contributed by atoms with van der Waals surface area (Å²) >= 11 is 0. The molecule has 0 fully saturated rings. The van der Waals surface area contributed by atoms with Gasteiger partial charge < -0.3 is 0 Å². The molecule has 0 nitrogen and oxygen atoms in total. The van der Waals surface area contributed by atoms with Gasteiger partial charge in [-0.3, -0.25) is 0 Å². The lowest BCUT2D eigenvalue weighted by Gasteiger charge is -2.11. The van der Waals surface area contributed by atoms with Crippen LogP contribution >= 0.6 is 0 Å². The van der Waals surface area contributed by atoms with Gasteiger partial charge in [-0.25, -0.2) is 0 Å². The minimum absolute atomic E-state index is 0.368. The number of rotatable bonds is 4. The van der Waals surface area contributed by atoms with E-state index in [0.29, 0.717) is 5.92 Å². The van der Waals surface area contributed by atoms with Crippen LogP contribution in [0.15, 0.2) is 67.3 Å². The second-order valence-electron chi connectivity index (χ2n) is 3.30. The predicted octanol–water partition coefficient (Wildman–Crippen LogP) is 4.09. The first-order chi connectivity index (χ1) is 6.75. The second kappa shape index (κ2) is 5.23. The molecule has 0 aliphatic rings. The first-order valence-electron chi connectivity index (χ1n) is 4.78. The lowest BCUT2D eigenvalue weighted by atomic mass is 9.94. The van der Waals surface area contributed by atoms with Crippen LogP contribution in [-0.4, -0.2) is 0 Å². The smallest absolute Gasteiger partial charge is 0.00551 e. The Labute approximate surface area is 86.3 Å². The van der Waals surface area contributed by atoms with E-state index in [0.717, 1.165) is 5.57 Å². The average molecular weight is 184 g/mol. The van der Waals surface area contributed by atoms with Crippen molar-refractivity contribution >= 4 is 0 Å². The van der Waals surface area contributed by atoms with Gasteiger partial charge in [0.15, 0.2) is 0 Å².